The largest absolute Gasteiger partial charge is 0.502 e. The second kappa shape index (κ2) is 7.19. The number of urea groups is 1. The molecule has 4 amide bonds. The predicted molar refractivity (Wildman–Crippen MR) is 96.9 cm³/mol. The lowest BCUT2D eigenvalue weighted by molar-refractivity contribution is -0.385. The van der Waals surface area contributed by atoms with Gasteiger partial charge in [0.2, 0.25) is 0 Å². The summed E-state index contributed by atoms with van der Waals surface area (Å²) in [6, 6.07) is 6.75. The summed E-state index contributed by atoms with van der Waals surface area (Å²) in [5.41, 5.74) is -1.65. The molecule has 1 heterocycles. The number of phenolic OH excluding ortho intramolecular Hbond substituents is 1. The van der Waals surface area contributed by atoms with Gasteiger partial charge in [0.15, 0.2) is 5.75 Å². The van der Waals surface area contributed by atoms with Crippen LogP contribution < -0.4 is 10.2 Å². The van der Waals surface area contributed by atoms with Gasteiger partial charge >= 0.3 is 11.7 Å². The van der Waals surface area contributed by atoms with Crippen molar-refractivity contribution in [1.82, 2.24) is 5.32 Å². The molecule has 0 aliphatic carbocycles. The Morgan fingerprint density at radius 2 is 1.72 bits per heavy atom. The topological polar surface area (TPSA) is 173 Å². The van der Waals surface area contributed by atoms with E-state index in [1.54, 1.807) is 0 Å². The van der Waals surface area contributed by atoms with Crippen molar-refractivity contribution >= 4 is 41.0 Å². The number of benzene rings is 2. The van der Waals surface area contributed by atoms with Crippen molar-refractivity contribution in [3.05, 3.63) is 73.8 Å². The number of barbiturate groups is 1. The molecular formula is C17H10N4O8. The zero-order valence-electron chi connectivity index (χ0n) is 14.3. The summed E-state index contributed by atoms with van der Waals surface area (Å²) in [5, 5.41) is 33.3. The average Bonchev–Trinajstić information content (AvgIpc) is 2.66. The molecule has 12 heteroatoms. The number of nitro groups is 2. The Labute approximate surface area is 161 Å². The minimum absolute atomic E-state index is 0.0429. The maximum Gasteiger partial charge on any atom is 0.335 e. The summed E-state index contributed by atoms with van der Waals surface area (Å²) in [5.74, 6) is -2.72. The number of nitro benzene ring substituents is 2. The van der Waals surface area contributed by atoms with Gasteiger partial charge in [0.1, 0.15) is 5.57 Å². The highest BCUT2D eigenvalue weighted by molar-refractivity contribution is 6.39. The van der Waals surface area contributed by atoms with Crippen LogP contribution in [0.3, 0.4) is 0 Å². The van der Waals surface area contributed by atoms with Crippen LogP contribution in [0.15, 0.2) is 48.0 Å². The molecule has 0 radical (unpaired) electrons. The van der Waals surface area contributed by atoms with E-state index in [4.69, 9.17) is 0 Å². The number of carbonyl (C=O) groups is 3. The Balaban J connectivity index is 2.05. The molecule has 1 fully saturated rings. The lowest BCUT2D eigenvalue weighted by Gasteiger charge is -2.26. The number of phenols is 1. The van der Waals surface area contributed by atoms with E-state index in [1.807, 2.05) is 5.32 Å². The van der Waals surface area contributed by atoms with Crippen LogP contribution in [0.25, 0.3) is 6.08 Å². The van der Waals surface area contributed by atoms with Gasteiger partial charge < -0.3 is 5.11 Å². The first kappa shape index (κ1) is 19.2. The number of hydrogen-bond donors (Lipinski definition) is 2. The lowest BCUT2D eigenvalue weighted by atomic mass is 10.1. The molecule has 1 aliphatic heterocycles. The summed E-state index contributed by atoms with van der Waals surface area (Å²) >= 11 is 0. The third kappa shape index (κ3) is 3.62. The Morgan fingerprint density at radius 3 is 2.38 bits per heavy atom. The number of carbonyl (C=O) groups excluding carboxylic acids is 3. The van der Waals surface area contributed by atoms with Crippen LogP contribution >= 0.6 is 0 Å². The van der Waals surface area contributed by atoms with Crippen LogP contribution in [0.4, 0.5) is 21.9 Å². The van der Waals surface area contributed by atoms with Gasteiger partial charge in [-0.2, -0.15) is 0 Å². The van der Waals surface area contributed by atoms with Gasteiger partial charge in [0, 0.05) is 18.2 Å². The van der Waals surface area contributed by atoms with E-state index < -0.39 is 44.7 Å². The maximum atomic E-state index is 12.7. The fraction of sp³-hybridized carbons (Fsp3) is 0. The summed E-state index contributed by atoms with van der Waals surface area (Å²) < 4.78 is 0. The van der Waals surface area contributed by atoms with E-state index in [0.717, 1.165) is 30.3 Å². The number of hydrogen-bond acceptors (Lipinski definition) is 8. The normalized spacial score (nSPS) is 15.4. The Morgan fingerprint density at radius 1 is 1.00 bits per heavy atom. The smallest absolute Gasteiger partial charge is 0.335 e. The molecule has 0 aromatic heterocycles. The first-order valence-electron chi connectivity index (χ1n) is 7.82. The lowest BCUT2D eigenvalue weighted by Crippen LogP contribution is -2.54. The first-order valence-corrected chi connectivity index (χ1v) is 7.82. The minimum Gasteiger partial charge on any atom is -0.502 e. The highest BCUT2D eigenvalue weighted by Crippen LogP contribution is 2.29. The fourth-order valence-electron chi connectivity index (χ4n) is 2.58. The molecule has 0 atom stereocenters. The van der Waals surface area contributed by atoms with Crippen molar-refractivity contribution in [2.75, 3.05) is 4.90 Å². The fourth-order valence-corrected chi connectivity index (χ4v) is 2.58. The van der Waals surface area contributed by atoms with E-state index in [1.165, 1.54) is 18.2 Å². The predicted octanol–water partition coefficient (Wildman–Crippen LogP) is 1.88. The molecule has 0 bridgehead atoms. The molecule has 3 rings (SSSR count). The number of imide groups is 2. The molecule has 2 aromatic rings. The highest BCUT2D eigenvalue weighted by atomic mass is 16.6. The van der Waals surface area contributed by atoms with E-state index in [2.05, 4.69) is 0 Å². The van der Waals surface area contributed by atoms with E-state index in [9.17, 15) is 39.7 Å². The van der Waals surface area contributed by atoms with Crippen molar-refractivity contribution in [1.29, 1.82) is 0 Å². The van der Waals surface area contributed by atoms with Gasteiger partial charge in [-0.15, -0.1) is 0 Å². The van der Waals surface area contributed by atoms with Gasteiger partial charge in [-0.25, -0.2) is 9.69 Å². The third-order valence-corrected chi connectivity index (χ3v) is 3.91. The highest BCUT2D eigenvalue weighted by Gasteiger charge is 2.37. The quantitative estimate of drug-likeness (QED) is 0.340. The van der Waals surface area contributed by atoms with Crippen LogP contribution in [0.5, 0.6) is 5.75 Å². The number of non-ortho nitro benzene ring substituents is 1. The van der Waals surface area contributed by atoms with Crippen LogP contribution in [-0.4, -0.2) is 32.8 Å². The second-order valence-corrected chi connectivity index (χ2v) is 5.74. The molecule has 0 unspecified atom stereocenters. The van der Waals surface area contributed by atoms with E-state index in [0.29, 0.717) is 4.90 Å². The minimum atomic E-state index is -1.10. The number of anilines is 1. The van der Waals surface area contributed by atoms with E-state index >= 15 is 0 Å². The van der Waals surface area contributed by atoms with Crippen molar-refractivity contribution < 1.29 is 29.3 Å². The molecular weight excluding hydrogens is 388 g/mol. The monoisotopic (exact) mass is 398 g/mol. The Hall–Kier alpha value is -4.61. The molecule has 2 N–H and O–H groups in total. The van der Waals surface area contributed by atoms with Gasteiger partial charge in [-0.05, 0) is 23.8 Å². The van der Waals surface area contributed by atoms with Crippen molar-refractivity contribution in [2.24, 2.45) is 0 Å². The molecule has 12 nitrogen and oxygen atoms in total. The SMILES string of the molecule is O=C1NC(=O)N(c2cccc([N+](=O)[O-])c2)C(=O)/C1=C/c1ccc(O)c([N+](=O)[O-])c1. The van der Waals surface area contributed by atoms with Crippen LogP contribution in [0, 0.1) is 20.2 Å². The second-order valence-electron chi connectivity index (χ2n) is 5.74. The average molecular weight is 398 g/mol. The molecule has 0 saturated carbocycles. The molecule has 1 aliphatic rings. The Bertz CT molecular complexity index is 1120. The number of amides is 4. The van der Waals surface area contributed by atoms with Crippen molar-refractivity contribution in [2.45, 2.75) is 0 Å². The van der Waals surface area contributed by atoms with Gasteiger partial charge in [-0.1, -0.05) is 12.1 Å². The number of rotatable bonds is 4. The maximum absolute atomic E-state index is 12.7. The van der Waals surface area contributed by atoms with Gasteiger partial charge in [0.25, 0.3) is 17.5 Å². The van der Waals surface area contributed by atoms with Crippen molar-refractivity contribution in [3.63, 3.8) is 0 Å². The summed E-state index contributed by atoms with van der Waals surface area (Å²) in [7, 11) is 0. The standard InChI is InChI=1S/C17H10N4O8/c22-14-5-4-9(7-13(14)21(28)29)6-12-15(23)18-17(25)19(16(12)24)10-2-1-3-11(8-10)20(26)27/h1-8,22H,(H,18,23,25)/b12-6+. The van der Waals surface area contributed by atoms with Crippen molar-refractivity contribution in [3.8, 4) is 5.75 Å². The zero-order valence-corrected chi connectivity index (χ0v) is 14.3. The van der Waals surface area contributed by atoms with Crippen LogP contribution in [-0.2, 0) is 9.59 Å². The number of aromatic hydroxyl groups is 1. The Kier molecular flexibility index (Phi) is 4.75. The molecule has 0 spiro atoms. The summed E-state index contributed by atoms with van der Waals surface area (Å²) in [6.07, 6.45) is 1.00. The molecule has 29 heavy (non-hydrogen) atoms. The van der Waals surface area contributed by atoms with Gasteiger partial charge in [0.05, 0.1) is 15.5 Å². The summed E-state index contributed by atoms with van der Waals surface area (Å²) in [6.45, 7) is 0. The summed E-state index contributed by atoms with van der Waals surface area (Å²) in [4.78, 5) is 57.8. The first-order chi connectivity index (χ1) is 13.7. The number of nitrogens with zero attached hydrogens (tertiary/aromatic N) is 3. The molecule has 146 valence electrons. The van der Waals surface area contributed by atoms with Crippen LogP contribution in [0.1, 0.15) is 5.56 Å². The zero-order chi connectivity index (χ0) is 21.3. The van der Waals surface area contributed by atoms with E-state index in [-0.39, 0.29) is 16.9 Å². The van der Waals surface area contributed by atoms with Gasteiger partial charge in [-0.3, -0.25) is 35.1 Å². The molecule has 2 aromatic carbocycles. The third-order valence-electron chi connectivity index (χ3n) is 3.91. The molecule has 1 saturated heterocycles. The van der Waals surface area contributed by atoms with Crippen LogP contribution in [0.2, 0.25) is 0 Å². The number of nitrogens with one attached hydrogen (secondary N) is 1.